The van der Waals surface area contributed by atoms with Gasteiger partial charge in [0.15, 0.2) is 0 Å². The zero-order valence-electron chi connectivity index (χ0n) is 13.5. The van der Waals surface area contributed by atoms with Crippen LogP contribution >= 0.6 is 0 Å². The predicted molar refractivity (Wildman–Crippen MR) is 89.4 cm³/mol. The molecule has 4 nitrogen and oxygen atoms in total. The van der Waals surface area contributed by atoms with Gasteiger partial charge in [0.1, 0.15) is 5.82 Å². The minimum atomic E-state index is -4.38. The smallest absolute Gasteiger partial charge is 0.370 e. The SMILES string of the molecule is O=C(CCc1ccc2c(n1)NCCC2)Nc1ccc(C(F)(F)F)cc1. The summed E-state index contributed by atoms with van der Waals surface area (Å²) < 4.78 is 37.5. The zero-order valence-corrected chi connectivity index (χ0v) is 13.5. The van der Waals surface area contributed by atoms with Crippen molar-refractivity contribution < 1.29 is 18.0 Å². The first-order valence-corrected chi connectivity index (χ1v) is 8.11. The van der Waals surface area contributed by atoms with Crippen molar-refractivity contribution in [2.45, 2.75) is 31.9 Å². The van der Waals surface area contributed by atoms with E-state index in [1.54, 1.807) is 0 Å². The van der Waals surface area contributed by atoms with Crippen molar-refractivity contribution >= 4 is 17.4 Å². The van der Waals surface area contributed by atoms with Crippen LogP contribution in [0.5, 0.6) is 0 Å². The Hall–Kier alpha value is -2.57. The number of halogens is 3. The van der Waals surface area contributed by atoms with Gasteiger partial charge in [-0.05, 0) is 55.2 Å². The van der Waals surface area contributed by atoms with Crippen LogP contribution in [0.2, 0.25) is 0 Å². The molecule has 0 radical (unpaired) electrons. The average molecular weight is 349 g/mol. The maximum Gasteiger partial charge on any atom is 0.416 e. The third-order valence-electron chi connectivity index (χ3n) is 4.06. The summed E-state index contributed by atoms with van der Waals surface area (Å²) in [5.74, 6) is 0.624. The van der Waals surface area contributed by atoms with Gasteiger partial charge in [0, 0.05) is 24.3 Å². The number of aromatic nitrogens is 1. The molecule has 7 heteroatoms. The van der Waals surface area contributed by atoms with E-state index in [0.29, 0.717) is 12.1 Å². The topological polar surface area (TPSA) is 54.0 Å². The lowest BCUT2D eigenvalue weighted by molar-refractivity contribution is -0.137. The van der Waals surface area contributed by atoms with Crippen molar-refractivity contribution in [2.75, 3.05) is 17.2 Å². The number of hydrogen-bond acceptors (Lipinski definition) is 3. The van der Waals surface area contributed by atoms with E-state index < -0.39 is 11.7 Å². The highest BCUT2D eigenvalue weighted by Gasteiger charge is 2.29. The van der Waals surface area contributed by atoms with E-state index in [2.05, 4.69) is 15.6 Å². The maximum absolute atomic E-state index is 12.5. The van der Waals surface area contributed by atoms with Gasteiger partial charge >= 0.3 is 6.18 Å². The van der Waals surface area contributed by atoms with E-state index in [9.17, 15) is 18.0 Å². The monoisotopic (exact) mass is 349 g/mol. The first-order chi connectivity index (χ1) is 11.9. The number of amides is 1. The number of fused-ring (bicyclic) bond motifs is 1. The number of carbonyl (C=O) groups excluding carboxylic acids is 1. The fraction of sp³-hybridized carbons (Fsp3) is 0.333. The van der Waals surface area contributed by atoms with E-state index in [1.165, 1.54) is 17.7 Å². The number of nitrogens with one attached hydrogen (secondary N) is 2. The van der Waals surface area contributed by atoms with Crippen molar-refractivity contribution in [3.8, 4) is 0 Å². The minimum Gasteiger partial charge on any atom is -0.370 e. The van der Waals surface area contributed by atoms with Crippen LogP contribution in [0.1, 0.15) is 29.7 Å². The van der Waals surface area contributed by atoms with E-state index in [-0.39, 0.29) is 12.3 Å². The van der Waals surface area contributed by atoms with Gasteiger partial charge in [-0.2, -0.15) is 13.2 Å². The lowest BCUT2D eigenvalue weighted by Crippen LogP contribution is -2.15. The standard InChI is InChI=1S/C18H18F3N3O/c19-18(20,21)13-4-7-14(8-5-13)23-16(25)10-9-15-6-3-12-2-1-11-22-17(12)24-15/h3-8H,1-2,9-11H2,(H,22,24)(H,23,25). The van der Waals surface area contributed by atoms with Crippen molar-refractivity contribution in [1.82, 2.24) is 4.98 Å². The fourth-order valence-corrected chi connectivity index (χ4v) is 2.72. The molecule has 0 spiro atoms. The zero-order chi connectivity index (χ0) is 17.9. The fourth-order valence-electron chi connectivity index (χ4n) is 2.72. The van der Waals surface area contributed by atoms with Gasteiger partial charge in [0.2, 0.25) is 5.91 Å². The van der Waals surface area contributed by atoms with Crippen molar-refractivity contribution in [3.05, 3.63) is 53.2 Å². The quantitative estimate of drug-likeness (QED) is 0.876. The van der Waals surface area contributed by atoms with Crippen LogP contribution in [0, 0.1) is 0 Å². The molecule has 0 bridgehead atoms. The van der Waals surface area contributed by atoms with Crippen LogP contribution in [-0.4, -0.2) is 17.4 Å². The van der Waals surface area contributed by atoms with Crippen LogP contribution in [0.25, 0.3) is 0 Å². The third kappa shape index (κ3) is 4.49. The summed E-state index contributed by atoms with van der Waals surface area (Å²) in [5.41, 5.74) is 1.61. The van der Waals surface area contributed by atoms with E-state index in [1.807, 2.05) is 12.1 Å². The number of pyridine rings is 1. The second kappa shape index (κ2) is 7.13. The first kappa shape index (κ1) is 17.3. The molecule has 2 aromatic rings. The number of aryl methyl sites for hydroxylation is 2. The molecule has 1 aromatic heterocycles. The molecule has 1 aliphatic rings. The molecule has 0 aliphatic carbocycles. The Balaban J connectivity index is 1.54. The van der Waals surface area contributed by atoms with Crippen molar-refractivity contribution in [1.29, 1.82) is 0 Å². The molecule has 0 atom stereocenters. The number of rotatable bonds is 4. The largest absolute Gasteiger partial charge is 0.416 e. The number of benzene rings is 1. The molecule has 0 unspecified atom stereocenters. The molecule has 0 fully saturated rings. The first-order valence-electron chi connectivity index (χ1n) is 8.11. The number of nitrogens with zero attached hydrogens (tertiary/aromatic N) is 1. The molecule has 1 aromatic carbocycles. The molecule has 2 N–H and O–H groups in total. The lowest BCUT2D eigenvalue weighted by atomic mass is 10.1. The Labute approximate surface area is 143 Å². The molecule has 25 heavy (non-hydrogen) atoms. The highest BCUT2D eigenvalue weighted by Crippen LogP contribution is 2.29. The van der Waals surface area contributed by atoms with Gasteiger partial charge in [0.05, 0.1) is 5.56 Å². The summed E-state index contributed by atoms with van der Waals surface area (Å²) in [6.45, 7) is 0.901. The predicted octanol–water partition coefficient (Wildman–Crippen LogP) is 4.03. The van der Waals surface area contributed by atoms with Crippen molar-refractivity contribution in [3.63, 3.8) is 0 Å². The number of hydrogen-bond donors (Lipinski definition) is 2. The van der Waals surface area contributed by atoms with Gasteiger partial charge in [-0.15, -0.1) is 0 Å². The van der Waals surface area contributed by atoms with Gasteiger partial charge < -0.3 is 10.6 Å². The molecular weight excluding hydrogens is 331 g/mol. The molecule has 0 saturated heterocycles. The van der Waals surface area contributed by atoms with Crippen LogP contribution in [0.3, 0.4) is 0 Å². The summed E-state index contributed by atoms with van der Waals surface area (Å²) in [6, 6.07) is 8.34. The summed E-state index contributed by atoms with van der Waals surface area (Å²) in [7, 11) is 0. The van der Waals surface area contributed by atoms with Crippen LogP contribution < -0.4 is 10.6 Å². The van der Waals surface area contributed by atoms with E-state index >= 15 is 0 Å². The average Bonchev–Trinajstić information content (AvgIpc) is 2.59. The van der Waals surface area contributed by atoms with Crippen LogP contribution in [0.15, 0.2) is 36.4 Å². The Kier molecular flexibility index (Phi) is 4.92. The van der Waals surface area contributed by atoms with E-state index in [4.69, 9.17) is 0 Å². The Morgan fingerprint density at radius 2 is 1.92 bits per heavy atom. The summed E-state index contributed by atoms with van der Waals surface area (Å²) >= 11 is 0. The molecule has 3 rings (SSSR count). The van der Waals surface area contributed by atoms with Crippen LogP contribution in [-0.2, 0) is 23.8 Å². The number of anilines is 2. The van der Waals surface area contributed by atoms with Crippen LogP contribution in [0.4, 0.5) is 24.7 Å². The van der Waals surface area contributed by atoms with E-state index in [0.717, 1.165) is 43.0 Å². The normalized spacial score (nSPS) is 13.7. The molecular formula is C18H18F3N3O. The molecule has 1 amide bonds. The van der Waals surface area contributed by atoms with Gasteiger partial charge in [0.25, 0.3) is 0 Å². The summed E-state index contributed by atoms with van der Waals surface area (Å²) in [4.78, 5) is 16.5. The highest BCUT2D eigenvalue weighted by molar-refractivity contribution is 5.90. The number of alkyl halides is 3. The highest BCUT2D eigenvalue weighted by atomic mass is 19.4. The Morgan fingerprint density at radius 3 is 2.64 bits per heavy atom. The number of carbonyl (C=O) groups is 1. The molecule has 1 aliphatic heterocycles. The Bertz CT molecular complexity index is 757. The minimum absolute atomic E-state index is 0.215. The summed E-state index contributed by atoms with van der Waals surface area (Å²) in [5, 5.41) is 5.85. The second-order valence-corrected chi connectivity index (χ2v) is 5.96. The molecule has 0 saturated carbocycles. The third-order valence-corrected chi connectivity index (χ3v) is 4.06. The lowest BCUT2D eigenvalue weighted by Gasteiger charge is -2.17. The van der Waals surface area contributed by atoms with Gasteiger partial charge in [-0.1, -0.05) is 6.07 Å². The van der Waals surface area contributed by atoms with Gasteiger partial charge in [-0.25, -0.2) is 4.98 Å². The molecule has 132 valence electrons. The van der Waals surface area contributed by atoms with Gasteiger partial charge in [-0.3, -0.25) is 4.79 Å². The Morgan fingerprint density at radius 1 is 1.16 bits per heavy atom. The molecule has 2 heterocycles. The van der Waals surface area contributed by atoms with Crippen molar-refractivity contribution in [2.24, 2.45) is 0 Å². The maximum atomic E-state index is 12.5. The summed E-state index contributed by atoms with van der Waals surface area (Å²) in [6.07, 6.45) is -1.60. The second-order valence-electron chi connectivity index (χ2n) is 5.96.